The number of fused-ring (bicyclic) bond motifs is 3. The number of cyclic esters (lactones) is 1. The molecule has 2 bridgehead atoms. The molecule has 0 spiro atoms. The number of carbonyl (C=O) groups excluding carboxylic acids is 1. The maximum Gasteiger partial charge on any atom is 0.330 e. The Morgan fingerprint density at radius 1 is 0.980 bits per heavy atom. The highest BCUT2D eigenvalue weighted by Gasteiger charge is 2.51. The molecule has 4 aliphatic heterocycles. The van der Waals surface area contributed by atoms with E-state index in [1.54, 1.807) is 43.4 Å². The van der Waals surface area contributed by atoms with Crippen LogP contribution in [0.5, 0.6) is 0 Å². The van der Waals surface area contributed by atoms with Crippen LogP contribution in [0, 0.1) is 5.92 Å². The molecule has 0 amide bonds. The van der Waals surface area contributed by atoms with Gasteiger partial charge in [0, 0.05) is 38.2 Å². The third-order valence-electron chi connectivity index (χ3n) is 9.35. The van der Waals surface area contributed by atoms with Gasteiger partial charge in [0.25, 0.3) is 0 Å². The predicted octanol–water partition coefficient (Wildman–Crippen LogP) is 1.29. The maximum atomic E-state index is 12.5. The smallest absolute Gasteiger partial charge is 0.330 e. The number of esters is 1. The number of aliphatic hydroxyl groups excluding tert-OH is 4. The number of unbranched alkanes of at least 4 members (excludes halogenated alkanes) is 1. The molecule has 4 aliphatic rings. The summed E-state index contributed by atoms with van der Waals surface area (Å²) in [6, 6.07) is -1.08. The molecule has 50 heavy (non-hydrogen) atoms. The lowest BCUT2D eigenvalue weighted by Crippen LogP contribution is -2.61. The van der Waals surface area contributed by atoms with E-state index < -0.39 is 97.3 Å². The zero-order valence-corrected chi connectivity index (χ0v) is 28.6. The van der Waals surface area contributed by atoms with Gasteiger partial charge in [0.1, 0.15) is 24.2 Å². The summed E-state index contributed by atoms with van der Waals surface area (Å²) in [5.74, 6) is -5.41. The number of carbonyl (C=O) groups is 2. The number of carboxylic acids is 1. The van der Waals surface area contributed by atoms with E-state index in [1.807, 2.05) is 18.2 Å². The molecule has 4 rings (SSSR count). The third-order valence-corrected chi connectivity index (χ3v) is 9.35. The van der Waals surface area contributed by atoms with Crippen LogP contribution >= 0.6 is 0 Å². The molecule has 8 N–H and O–H groups in total. The van der Waals surface area contributed by atoms with Crippen molar-refractivity contribution in [1.82, 2.24) is 0 Å². The Bertz CT molecular complexity index is 1270. The third kappa shape index (κ3) is 11.6. The van der Waals surface area contributed by atoms with Crippen LogP contribution in [-0.2, 0) is 33.3 Å². The van der Waals surface area contributed by atoms with E-state index in [0.29, 0.717) is 6.42 Å². The summed E-state index contributed by atoms with van der Waals surface area (Å²) in [5, 5.41) is 64.2. The Morgan fingerprint density at radius 2 is 1.70 bits per heavy atom. The average Bonchev–Trinajstić information content (AvgIpc) is 3.78. The largest absolute Gasteiger partial charge is 0.481 e. The SMILES string of the molecule is CCCC[C@@H]1C/C=C/C=C/C=C/C=C/C(O[C@@H]2O[C@H](C)[C@@H](O)[C@H](N)[C@H]2O)C[C@@H]2O[C@](O)(CC(O)C[C@H]3O[C@@H]3/C=C/C(=O)O1)C[C@H](O)[C@H]2C(=O)O. The average molecular weight is 708 g/mol. The molecule has 14 nitrogen and oxygen atoms in total. The van der Waals surface area contributed by atoms with Gasteiger partial charge < -0.3 is 60.1 Å². The van der Waals surface area contributed by atoms with Gasteiger partial charge in [-0.05, 0) is 19.4 Å². The van der Waals surface area contributed by atoms with Crippen molar-refractivity contribution in [3.8, 4) is 0 Å². The summed E-state index contributed by atoms with van der Waals surface area (Å²) in [5.41, 5.74) is 6.00. The van der Waals surface area contributed by atoms with Crippen molar-refractivity contribution >= 4 is 11.9 Å². The molecule has 0 radical (unpaired) electrons. The van der Waals surface area contributed by atoms with Crippen molar-refractivity contribution in [3.63, 3.8) is 0 Å². The molecule has 14 heteroatoms. The number of epoxide rings is 1. The van der Waals surface area contributed by atoms with Gasteiger partial charge in [-0.3, -0.25) is 4.79 Å². The highest BCUT2D eigenvalue weighted by Crippen LogP contribution is 2.39. The zero-order valence-electron chi connectivity index (χ0n) is 28.6. The molecule has 0 saturated carbocycles. The van der Waals surface area contributed by atoms with Gasteiger partial charge in [-0.25, -0.2) is 4.79 Å². The lowest BCUT2D eigenvalue weighted by atomic mass is 9.83. The highest BCUT2D eigenvalue weighted by molar-refractivity contribution is 5.82. The van der Waals surface area contributed by atoms with Crippen LogP contribution in [0.25, 0.3) is 0 Å². The van der Waals surface area contributed by atoms with Crippen LogP contribution in [0.3, 0.4) is 0 Å². The van der Waals surface area contributed by atoms with Gasteiger partial charge in [-0.1, -0.05) is 68.4 Å². The lowest BCUT2D eigenvalue weighted by molar-refractivity contribution is -0.308. The second-order valence-electron chi connectivity index (χ2n) is 13.5. The van der Waals surface area contributed by atoms with Crippen LogP contribution in [0.15, 0.2) is 60.8 Å². The summed E-state index contributed by atoms with van der Waals surface area (Å²) in [6.07, 6.45) is 8.24. The Labute approximate surface area is 292 Å². The molecule has 0 aromatic heterocycles. The molecule has 3 fully saturated rings. The number of aliphatic carboxylic acids is 1. The summed E-state index contributed by atoms with van der Waals surface area (Å²) in [6.45, 7) is 3.64. The molecule has 4 heterocycles. The maximum absolute atomic E-state index is 12.5. The summed E-state index contributed by atoms with van der Waals surface area (Å²) >= 11 is 0. The first-order chi connectivity index (χ1) is 23.8. The van der Waals surface area contributed by atoms with Crippen molar-refractivity contribution in [3.05, 3.63) is 60.8 Å². The zero-order chi connectivity index (χ0) is 36.4. The van der Waals surface area contributed by atoms with Crippen molar-refractivity contribution in [2.45, 2.75) is 144 Å². The minimum atomic E-state index is -2.10. The van der Waals surface area contributed by atoms with Crippen molar-refractivity contribution in [2.24, 2.45) is 11.7 Å². The highest BCUT2D eigenvalue weighted by atomic mass is 16.7. The van der Waals surface area contributed by atoms with E-state index in [-0.39, 0.29) is 25.4 Å². The number of ether oxygens (including phenoxy) is 5. The van der Waals surface area contributed by atoms with E-state index in [4.69, 9.17) is 29.4 Å². The molecule has 0 aromatic rings. The van der Waals surface area contributed by atoms with Crippen LogP contribution in [0.1, 0.15) is 65.2 Å². The molecule has 280 valence electrons. The van der Waals surface area contributed by atoms with Gasteiger partial charge >= 0.3 is 11.9 Å². The normalized spacial score (nSPS) is 45.1. The van der Waals surface area contributed by atoms with Gasteiger partial charge in [0.2, 0.25) is 0 Å². The van der Waals surface area contributed by atoms with Gasteiger partial charge in [0.05, 0.1) is 48.8 Å². The summed E-state index contributed by atoms with van der Waals surface area (Å²) < 4.78 is 29.0. The topological polar surface area (TPSA) is 231 Å². The Kier molecular flexibility index (Phi) is 14.9. The van der Waals surface area contributed by atoms with Crippen molar-refractivity contribution < 1.29 is 63.9 Å². The van der Waals surface area contributed by atoms with E-state index >= 15 is 0 Å². The molecule has 3 saturated heterocycles. The van der Waals surface area contributed by atoms with Crippen molar-refractivity contribution in [1.29, 1.82) is 0 Å². The monoisotopic (exact) mass is 707 g/mol. The predicted molar refractivity (Wildman–Crippen MR) is 179 cm³/mol. The summed E-state index contributed by atoms with van der Waals surface area (Å²) in [7, 11) is 0. The van der Waals surface area contributed by atoms with Gasteiger partial charge in [0.15, 0.2) is 12.1 Å². The number of hydrogen-bond donors (Lipinski definition) is 7. The Hall–Kier alpha value is -2.76. The van der Waals surface area contributed by atoms with Crippen LogP contribution in [0.4, 0.5) is 0 Å². The number of rotatable bonds is 6. The number of nitrogens with two attached hydrogens (primary N) is 1. The first-order valence-corrected chi connectivity index (χ1v) is 17.4. The van der Waals surface area contributed by atoms with Gasteiger partial charge in [-0.2, -0.15) is 0 Å². The number of carboxylic acid groups (broad SMARTS) is 1. The van der Waals surface area contributed by atoms with E-state index in [0.717, 1.165) is 19.3 Å². The number of hydrogen-bond acceptors (Lipinski definition) is 13. The lowest BCUT2D eigenvalue weighted by Gasteiger charge is -2.45. The summed E-state index contributed by atoms with van der Waals surface area (Å²) in [4.78, 5) is 24.8. The van der Waals surface area contributed by atoms with Crippen molar-refractivity contribution in [2.75, 3.05) is 0 Å². The fourth-order valence-electron chi connectivity index (χ4n) is 6.54. The van der Waals surface area contributed by atoms with E-state index in [9.17, 15) is 40.2 Å². The molecule has 0 aromatic carbocycles. The Morgan fingerprint density at radius 3 is 2.42 bits per heavy atom. The molecular weight excluding hydrogens is 654 g/mol. The first-order valence-electron chi connectivity index (χ1n) is 17.4. The Balaban J connectivity index is 1.58. The van der Waals surface area contributed by atoms with E-state index in [2.05, 4.69) is 6.92 Å². The quantitative estimate of drug-likeness (QED) is 0.152. The van der Waals surface area contributed by atoms with Gasteiger partial charge in [-0.15, -0.1) is 0 Å². The molecule has 0 aliphatic carbocycles. The van der Waals surface area contributed by atoms with Crippen LogP contribution < -0.4 is 5.73 Å². The minimum Gasteiger partial charge on any atom is -0.481 e. The fourth-order valence-corrected chi connectivity index (χ4v) is 6.54. The van der Waals surface area contributed by atoms with Crippen LogP contribution in [-0.4, -0.2) is 122 Å². The van der Waals surface area contributed by atoms with Crippen LogP contribution in [0.2, 0.25) is 0 Å². The fraction of sp³-hybridized carbons (Fsp3) is 0.667. The number of allylic oxidation sites excluding steroid dienone is 6. The standard InChI is InChI=1S/C36H53NO13/c1-3-4-12-23-13-10-8-6-5-7-9-11-14-24(48-35-33(42)31(37)32(41)21(2)46-35)18-28-30(34(43)44)25(39)20-36(45,50-28)19-22(38)17-27-26(49-27)15-16-29(40)47-23/h5-11,14-16,21-28,30-33,35,38-39,41-42,45H,3-4,12-13,17-20,37H2,1-2H3,(H,43,44)/b6-5+,9-7+,10-8+,14-11+,16-15+/t21-,22?,23-,24?,25+,26-,27-,28+,30-,31+,32-,33-,35+,36-/m1/s1. The second kappa shape index (κ2) is 18.6. The number of aliphatic hydroxyl groups is 5. The second-order valence-corrected chi connectivity index (χ2v) is 13.5. The molecular formula is C36H53NO13. The molecule has 2 unspecified atom stereocenters. The first kappa shape index (κ1) is 40.0. The molecule has 14 atom stereocenters. The van der Waals surface area contributed by atoms with E-state index in [1.165, 1.54) is 6.08 Å². The minimum absolute atomic E-state index is 0.0816.